The summed E-state index contributed by atoms with van der Waals surface area (Å²) in [7, 11) is 0. The van der Waals surface area contributed by atoms with E-state index in [-0.39, 0.29) is 16.4 Å². The molecule has 0 aromatic heterocycles. The van der Waals surface area contributed by atoms with Gasteiger partial charge in [0.2, 0.25) is 5.91 Å². The number of imide groups is 1. The Labute approximate surface area is 155 Å². The summed E-state index contributed by atoms with van der Waals surface area (Å²) in [5, 5.41) is 12.6. The fourth-order valence-corrected chi connectivity index (χ4v) is 3.65. The Kier molecular flexibility index (Phi) is 5.58. The van der Waals surface area contributed by atoms with Crippen molar-refractivity contribution in [2.75, 3.05) is 6.54 Å². The molecule has 1 saturated heterocycles. The molecule has 1 fully saturated rings. The first-order valence-electron chi connectivity index (χ1n) is 8.18. The molecule has 3 amide bonds. The highest BCUT2D eigenvalue weighted by Gasteiger charge is 2.31. The first kappa shape index (κ1) is 18.0. The van der Waals surface area contributed by atoms with Gasteiger partial charge in [0.25, 0.3) is 5.24 Å². The van der Waals surface area contributed by atoms with Crippen LogP contribution in [0.25, 0.3) is 11.1 Å². The molecule has 2 aromatic rings. The molecule has 0 aliphatic carbocycles. The predicted octanol–water partition coefficient (Wildman–Crippen LogP) is 3.06. The van der Waals surface area contributed by atoms with Gasteiger partial charge in [0.1, 0.15) is 0 Å². The van der Waals surface area contributed by atoms with E-state index < -0.39 is 6.09 Å². The van der Waals surface area contributed by atoms with E-state index in [2.05, 4.69) is 10.6 Å². The van der Waals surface area contributed by atoms with Crippen LogP contribution < -0.4 is 10.6 Å². The third-order valence-corrected chi connectivity index (χ3v) is 5.07. The smallest absolute Gasteiger partial charge is 0.404 e. The number of amides is 3. The van der Waals surface area contributed by atoms with Crippen LogP contribution in [0, 0.1) is 0 Å². The van der Waals surface area contributed by atoms with Gasteiger partial charge in [-0.3, -0.25) is 14.9 Å². The summed E-state index contributed by atoms with van der Waals surface area (Å²) in [5.74, 6) is -0.230. The average Bonchev–Trinajstić information content (AvgIpc) is 2.93. The van der Waals surface area contributed by atoms with Gasteiger partial charge in [-0.25, -0.2) is 4.79 Å². The minimum absolute atomic E-state index is 0.230. The minimum atomic E-state index is -1.02. The third kappa shape index (κ3) is 4.64. The molecule has 3 rings (SSSR count). The average molecular weight is 370 g/mol. The molecule has 1 aliphatic heterocycles. The van der Waals surface area contributed by atoms with E-state index >= 15 is 0 Å². The van der Waals surface area contributed by atoms with Crippen molar-refractivity contribution >= 4 is 29.0 Å². The van der Waals surface area contributed by atoms with Crippen molar-refractivity contribution in [1.82, 2.24) is 10.6 Å². The Morgan fingerprint density at radius 3 is 2.50 bits per heavy atom. The summed E-state index contributed by atoms with van der Waals surface area (Å²) in [6, 6.07) is 15.9. The van der Waals surface area contributed by atoms with Gasteiger partial charge in [-0.15, -0.1) is 0 Å². The molecule has 7 heteroatoms. The Morgan fingerprint density at radius 2 is 1.85 bits per heavy atom. The molecular weight excluding hydrogens is 352 g/mol. The molecule has 1 aliphatic rings. The number of hydrogen-bond acceptors (Lipinski definition) is 4. The van der Waals surface area contributed by atoms with E-state index in [1.807, 2.05) is 48.5 Å². The Balaban J connectivity index is 1.65. The topological polar surface area (TPSA) is 95.5 Å². The number of carboxylic acid groups (broad SMARTS) is 1. The Morgan fingerprint density at radius 1 is 1.08 bits per heavy atom. The van der Waals surface area contributed by atoms with Gasteiger partial charge in [-0.1, -0.05) is 60.3 Å². The second-order valence-electron chi connectivity index (χ2n) is 5.97. The fraction of sp³-hybridized carbons (Fsp3) is 0.211. The van der Waals surface area contributed by atoms with Gasteiger partial charge in [-0.2, -0.15) is 0 Å². The molecule has 6 nitrogen and oxygen atoms in total. The number of thioether (sulfide) groups is 1. The van der Waals surface area contributed by atoms with Crippen LogP contribution in [0.15, 0.2) is 48.5 Å². The van der Waals surface area contributed by atoms with Gasteiger partial charge in [-0.05, 0) is 35.1 Å². The van der Waals surface area contributed by atoms with Crippen molar-refractivity contribution in [1.29, 1.82) is 0 Å². The summed E-state index contributed by atoms with van der Waals surface area (Å²) in [4.78, 5) is 33.4. The monoisotopic (exact) mass is 370 g/mol. The lowest BCUT2D eigenvalue weighted by Crippen LogP contribution is -2.25. The van der Waals surface area contributed by atoms with Gasteiger partial charge < -0.3 is 10.4 Å². The molecule has 3 N–H and O–H groups in total. The highest BCUT2D eigenvalue weighted by atomic mass is 32.2. The number of benzene rings is 2. The highest BCUT2D eigenvalue weighted by molar-refractivity contribution is 8.15. The highest BCUT2D eigenvalue weighted by Crippen LogP contribution is 2.25. The van der Waals surface area contributed by atoms with Crippen LogP contribution >= 0.6 is 11.8 Å². The van der Waals surface area contributed by atoms with Crippen LogP contribution in [0.2, 0.25) is 0 Å². The van der Waals surface area contributed by atoms with E-state index in [0.717, 1.165) is 34.0 Å². The normalized spacial score (nSPS) is 16.4. The van der Waals surface area contributed by atoms with E-state index in [0.29, 0.717) is 19.4 Å². The van der Waals surface area contributed by atoms with E-state index in [9.17, 15) is 14.4 Å². The van der Waals surface area contributed by atoms with Crippen molar-refractivity contribution in [3.8, 4) is 11.1 Å². The molecule has 26 heavy (non-hydrogen) atoms. The lowest BCUT2D eigenvalue weighted by Gasteiger charge is -2.08. The number of rotatable bonds is 6. The molecule has 0 spiro atoms. The van der Waals surface area contributed by atoms with Crippen LogP contribution in [0.5, 0.6) is 0 Å². The zero-order valence-corrected chi connectivity index (χ0v) is 14.7. The predicted molar refractivity (Wildman–Crippen MR) is 100 cm³/mol. The number of carbonyl (C=O) groups is 3. The van der Waals surface area contributed by atoms with Crippen LogP contribution in [0.4, 0.5) is 9.59 Å². The summed E-state index contributed by atoms with van der Waals surface area (Å²) < 4.78 is 0. The van der Waals surface area contributed by atoms with Crippen molar-refractivity contribution in [2.24, 2.45) is 0 Å². The van der Waals surface area contributed by atoms with E-state index in [1.54, 1.807) is 0 Å². The van der Waals surface area contributed by atoms with Crippen molar-refractivity contribution in [2.45, 2.75) is 18.1 Å². The summed E-state index contributed by atoms with van der Waals surface area (Å²) in [6.07, 6.45) is 0.122. The van der Waals surface area contributed by atoms with Gasteiger partial charge >= 0.3 is 6.09 Å². The SMILES string of the molecule is O=C(O)NCCc1cccc(-c2ccc(CC3SC(=O)NC3=O)cc2)c1. The quantitative estimate of drug-likeness (QED) is 0.726. The number of hydrogen-bond donors (Lipinski definition) is 3. The van der Waals surface area contributed by atoms with E-state index in [1.165, 1.54) is 0 Å². The van der Waals surface area contributed by atoms with Gasteiger partial charge in [0.15, 0.2) is 0 Å². The molecule has 2 aromatic carbocycles. The number of carbonyl (C=O) groups excluding carboxylic acids is 2. The molecule has 1 heterocycles. The molecule has 134 valence electrons. The first-order valence-corrected chi connectivity index (χ1v) is 9.06. The summed E-state index contributed by atoms with van der Waals surface area (Å²) in [5.41, 5.74) is 4.14. The van der Waals surface area contributed by atoms with E-state index in [4.69, 9.17) is 5.11 Å². The van der Waals surface area contributed by atoms with Crippen LogP contribution in [-0.2, 0) is 17.6 Å². The summed E-state index contributed by atoms with van der Waals surface area (Å²) >= 11 is 1.03. The van der Waals surface area contributed by atoms with Gasteiger partial charge in [0, 0.05) is 6.54 Å². The fourth-order valence-electron chi connectivity index (χ4n) is 2.80. The molecule has 1 unspecified atom stereocenters. The van der Waals surface area contributed by atoms with Crippen molar-refractivity contribution in [3.05, 3.63) is 59.7 Å². The second kappa shape index (κ2) is 8.05. The lowest BCUT2D eigenvalue weighted by molar-refractivity contribution is -0.118. The first-order chi connectivity index (χ1) is 12.5. The van der Waals surface area contributed by atoms with Crippen LogP contribution in [-0.4, -0.2) is 34.1 Å². The van der Waals surface area contributed by atoms with Crippen LogP contribution in [0.1, 0.15) is 11.1 Å². The standard InChI is InChI=1S/C19H18N2O4S/c22-17-16(26-19(25)21-17)11-13-4-6-14(7-5-13)15-3-1-2-12(10-15)8-9-20-18(23)24/h1-7,10,16,20H,8-9,11H2,(H,23,24)(H,21,22,25). The lowest BCUT2D eigenvalue weighted by atomic mass is 9.99. The van der Waals surface area contributed by atoms with Crippen molar-refractivity contribution in [3.63, 3.8) is 0 Å². The Hall–Kier alpha value is -2.80. The van der Waals surface area contributed by atoms with Gasteiger partial charge in [0.05, 0.1) is 5.25 Å². The maximum atomic E-state index is 11.6. The molecule has 0 bridgehead atoms. The Bertz CT molecular complexity index is 836. The minimum Gasteiger partial charge on any atom is -0.465 e. The maximum absolute atomic E-state index is 11.6. The summed E-state index contributed by atoms with van der Waals surface area (Å²) in [6.45, 7) is 0.373. The maximum Gasteiger partial charge on any atom is 0.404 e. The third-order valence-electron chi connectivity index (χ3n) is 4.09. The largest absolute Gasteiger partial charge is 0.465 e. The molecular formula is C19H18N2O4S. The molecule has 0 saturated carbocycles. The number of nitrogens with one attached hydrogen (secondary N) is 2. The zero-order valence-electron chi connectivity index (χ0n) is 13.9. The molecule has 0 radical (unpaired) electrons. The van der Waals surface area contributed by atoms with Crippen LogP contribution in [0.3, 0.4) is 0 Å². The van der Waals surface area contributed by atoms with Crippen molar-refractivity contribution < 1.29 is 19.5 Å². The second-order valence-corrected chi connectivity index (χ2v) is 7.14. The zero-order chi connectivity index (χ0) is 18.5. The molecule has 1 atom stereocenters.